The van der Waals surface area contributed by atoms with Crippen LogP contribution in [-0.2, 0) is 14.4 Å². The zero-order valence-electron chi connectivity index (χ0n) is 10.5. The summed E-state index contributed by atoms with van der Waals surface area (Å²) in [5, 5.41) is 11.1. The van der Waals surface area contributed by atoms with Crippen LogP contribution < -0.4 is 5.32 Å². The van der Waals surface area contributed by atoms with E-state index in [9.17, 15) is 14.4 Å². The molecule has 0 atom stereocenters. The Balaban J connectivity index is 2.09. The molecule has 2 N–H and O–H groups in total. The van der Waals surface area contributed by atoms with Crippen LogP contribution in [0.25, 0.3) is 0 Å². The van der Waals surface area contributed by atoms with Crippen molar-refractivity contribution in [2.75, 3.05) is 19.6 Å². The first kappa shape index (κ1) is 14.5. The number of carboxylic acids is 1. The fourth-order valence-electron chi connectivity index (χ4n) is 1.89. The zero-order valence-corrected chi connectivity index (χ0v) is 10.5. The van der Waals surface area contributed by atoms with Crippen molar-refractivity contribution in [2.24, 2.45) is 0 Å². The van der Waals surface area contributed by atoms with Crippen LogP contribution in [0.1, 0.15) is 38.5 Å². The summed E-state index contributed by atoms with van der Waals surface area (Å²) >= 11 is 0. The number of hydrogen-bond acceptors (Lipinski definition) is 3. The highest BCUT2D eigenvalue weighted by molar-refractivity contribution is 5.79. The van der Waals surface area contributed by atoms with Gasteiger partial charge in [-0.1, -0.05) is 0 Å². The van der Waals surface area contributed by atoms with E-state index < -0.39 is 5.97 Å². The van der Waals surface area contributed by atoms with Gasteiger partial charge in [0, 0.05) is 38.9 Å². The van der Waals surface area contributed by atoms with E-state index in [-0.39, 0.29) is 18.2 Å². The van der Waals surface area contributed by atoms with Crippen LogP contribution in [0.15, 0.2) is 0 Å². The third-order valence-electron chi connectivity index (χ3n) is 2.92. The van der Waals surface area contributed by atoms with Crippen molar-refractivity contribution in [3.8, 4) is 0 Å². The number of amides is 2. The summed E-state index contributed by atoms with van der Waals surface area (Å²) in [7, 11) is 0. The minimum atomic E-state index is -0.858. The summed E-state index contributed by atoms with van der Waals surface area (Å²) < 4.78 is 0. The predicted molar refractivity (Wildman–Crippen MR) is 64.9 cm³/mol. The maximum Gasteiger partial charge on any atom is 0.303 e. The van der Waals surface area contributed by atoms with Crippen molar-refractivity contribution in [2.45, 2.75) is 38.5 Å². The zero-order chi connectivity index (χ0) is 13.4. The molecular weight excluding hydrogens is 236 g/mol. The molecule has 102 valence electrons. The fourth-order valence-corrected chi connectivity index (χ4v) is 1.89. The quantitative estimate of drug-likeness (QED) is 0.644. The lowest BCUT2D eigenvalue weighted by atomic mass is 10.1. The van der Waals surface area contributed by atoms with E-state index in [1.807, 2.05) is 0 Å². The highest BCUT2D eigenvalue weighted by Crippen LogP contribution is 2.10. The van der Waals surface area contributed by atoms with E-state index in [4.69, 9.17) is 5.11 Å². The normalized spacial score (nSPS) is 15.6. The minimum absolute atomic E-state index is 0.0604. The number of likely N-dealkylation sites (tertiary alicyclic amines) is 1. The molecule has 18 heavy (non-hydrogen) atoms. The predicted octanol–water partition coefficient (Wildman–Crippen LogP) is 0.370. The smallest absolute Gasteiger partial charge is 0.303 e. The van der Waals surface area contributed by atoms with Crippen LogP contribution in [0, 0.1) is 0 Å². The molecule has 0 unspecified atom stereocenters. The van der Waals surface area contributed by atoms with E-state index >= 15 is 0 Å². The molecule has 1 fully saturated rings. The molecule has 1 saturated heterocycles. The van der Waals surface area contributed by atoms with Gasteiger partial charge in [-0.2, -0.15) is 0 Å². The van der Waals surface area contributed by atoms with Gasteiger partial charge >= 0.3 is 5.97 Å². The third kappa shape index (κ3) is 5.65. The average Bonchev–Trinajstić information content (AvgIpc) is 2.33. The van der Waals surface area contributed by atoms with Crippen molar-refractivity contribution in [1.29, 1.82) is 0 Å². The number of hydrogen-bond donors (Lipinski definition) is 2. The van der Waals surface area contributed by atoms with Gasteiger partial charge in [0.1, 0.15) is 0 Å². The fraction of sp³-hybridized carbons (Fsp3) is 0.750. The Morgan fingerprint density at radius 2 is 2.06 bits per heavy atom. The first-order chi connectivity index (χ1) is 8.59. The largest absolute Gasteiger partial charge is 0.481 e. The van der Waals surface area contributed by atoms with Crippen molar-refractivity contribution < 1.29 is 19.5 Å². The number of carboxylic acid groups (broad SMARTS) is 1. The van der Waals surface area contributed by atoms with Crippen molar-refractivity contribution in [1.82, 2.24) is 10.2 Å². The monoisotopic (exact) mass is 256 g/mol. The summed E-state index contributed by atoms with van der Waals surface area (Å²) in [6.07, 6.45) is 3.32. The van der Waals surface area contributed by atoms with Crippen LogP contribution in [0.5, 0.6) is 0 Å². The van der Waals surface area contributed by atoms with Crippen molar-refractivity contribution >= 4 is 17.8 Å². The number of nitrogens with one attached hydrogen (secondary N) is 1. The van der Waals surface area contributed by atoms with Gasteiger partial charge < -0.3 is 15.3 Å². The van der Waals surface area contributed by atoms with E-state index in [1.165, 1.54) is 0 Å². The summed E-state index contributed by atoms with van der Waals surface area (Å²) in [6.45, 7) is 1.58. The van der Waals surface area contributed by atoms with Crippen LogP contribution in [-0.4, -0.2) is 47.4 Å². The molecule has 1 aliphatic heterocycles. The van der Waals surface area contributed by atoms with E-state index in [0.29, 0.717) is 32.4 Å². The van der Waals surface area contributed by atoms with Gasteiger partial charge in [0.2, 0.25) is 11.8 Å². The number of nitrogens with zero attached hydrogens (tertiary/aromatic N) is 1. The molecule has 2 amide bonds. The van der Waals surface area contributed by atoms with E-state index in [2.05, 4.69) is 5.32 Å². The van der Waals surface area contributed by atoms with Crippen LogP contribution in [0.2, 0.25) is 0 Å². The maximum atomic E-state index is 11.5. The lowest BCUT2D eigenvalue weighted by Crippen LogP contribution is -2.38. The Kier molecular flexibility index (Phi) is 6.18. The molecule has 6 nitrogen and oxygen atoms in total. The molecule has 1 aliphatic rings. The molecule has 6 heteroatoms. The summed E-state index contributed by atoms with van der Waals surface area (Å²) in [5.74, 6) is -0.859. The standard InChI is InChI=1S/C12H20N2O4/c15-10(13-7-3-5-12(17)18)6-9-14-8-2-1-4-11(14)16/h1-9H2,(H,13,15)(H,17,18). The third-order valence-corrected chi connectivity index (χ3v) is 2.92. The topological polar surface area (TPSA) is 86.7 Å². The SMILES string of the molecule is O=C(O)CCCNC(=O)CCN1CCCCC1=O. The first-order valence-electron chi connectivity index (χ1n) is 6.36. The molecule has 0 saturated carbocycles. The van der Waals surface area contributed by atoms with Gasteiger partial charge in [-0.25, -0.2) is 0 Å². The van der Waals surface area contributed by atoms with Gasteiger partial charge in [0.05, 0.1) is 0 Å². The van der Waals surface area contributed by atoms with E-state index in [1.54, 1.807) is 4.90 Å². The Labute approximate surface area is 106 Å². The highest BCUT2D eigenvalue weighted by atomic mass is 16.4. The molecule has 0 bridgehead atoms. The van der Waals surface area contributed by atoms with Crippen LogP contribution in [0.4, 0.5) is 0 Å². The lowest BCUT2D eigenvalue weighted by molar-refractivity contribution is -0.137. The van der Waals surface area contributed by atoms with E-state index in [0.717, 1.165) is 19.4 Å². The Hall–Kier alpha value is -1.59. The Bertz CT molecular complexity index is 317. The van der Waals surface area contributed by atoms with Gasteiger partial charge in [0.25, 0.3) is 0 Å². The Morgan fingerprint density at radius 1 is 1.28 bits per heavy atom. The minimum Gasteiger partial charge on any atom is -0.481 e. The van der Waals surface area contributed by atoms with Gasteiger partial charge in [-0.15, -0.1) is 0 Å². The van der Waals surface area contributed by atoms with Gasteiger partial charge in [-0.05, 0) is 19.3 Å². The Morgan fingerprint density at radius 3 is 2.72 bits per heavy atom. The molecular formula is C12H20N2O4. The summed E-state index contributed by atoms with van der Waals surface area (Å²) in [5.41, 5.74) is 0. The van der Waals surface area contributed by atoms with Gasteiger partial charge in [0.15, 0.2) is 0 Å². The number of rotatable bonds is 7. The van der Waals surface area contributed by atoms with Crippen molar-refractivity contribution in [3.05, 3.63) is 0 Å². The van der Waals surface area contributed by atoms with Gasteiger partial charge in [-0.3, -0.25) is 14.4 Å². The number of carbonyl (C=O) groups excluding carboxylic acids is 2. The molecule has 0 spiro atoms. The molecule has 0 aromatic carbocycles. The summed E-state index contributed by atoms with van der Waals surface area (Å²) in [4.78, 5) is 34.9. The highest BCUT2D eigenvalue weighted by Gasteiger charge is 2.18. The summed E-state index contributed by atoms with van der Waals surface area (Å²) in [6, 6.07) is 0. The molecule has 0 aromatic heterocycles. The van der Waals surface area contributed by atoms with Crippen LogP contribution in [0.3, 0.4) is 0 Å². The molecule has 0 aliphatic carbocycles. The number of aliphatic carboxylic acids is 1. The van der Waals surface area contributed by atoms with Crippen LogP contribution >= 0.6 is 0 Å². The average molecular weight is 256 g/mol. The molecule has 0 aromatic rings. The second-order valence-corrected chi connectivity index (χ2v) is 4.44. The second kappa shape index (κ2) is 7.68. The lowest BCUT2D eigenvalue weighted by Gasteiger charge is -2.26. The number of piperidine rings is 1. The first-order valence-corrected chi connectivity index (χ1v) is 6.36. The number of carbonyl (C=O) groups is 3. The van der Waals surface area contributed by atoms with Crippen molar-refractivity contribution in [3.63, 3.8) is 0 Å². The maximum absolute atomic E-state index is 11.5. The molecule has 1 rings (SSSR count). The second-order valence-electron chi connectivity index (χ2n) is 4.44. The molecule has 1 heterocycles. The molecule has 0 radical (unpaired) electrons.